The number of benzene rings is 2. The molecule has 3 aromatic rings. The van der Waals surface area contributed by atoms with Gasteiger partial charge in [0.25, 0.3) is 5.91 Å². The number of nitrogens with one attached hydrogen (secondary N) is 1. The van der Waals surface area contributed by atoms with Gasteiger partial charge in [-0.2, -0.15) is 13.2 Å². The summed E-state index contributed by atoms with van der Waals surface area (Å²) in [4.78, 5) is 14.9. The van der Waals surface area contributed by atoms with E-state index in [1.165, 1.54) is 11.0 Å². The van der Waals surface area contributed by atoms with Gasteiger partial charge in [0.2, 0.25) is 0 Å². The van der Waals surface area contributed by atoms with Gasteiger partial charge in [0.15, 0.2) is 5.82 Å². The van der Waals surface area contributed by atoms with E-state index in [4.69, 9.17) is 4.74 Å². The number of alkyl halides is 3. The van der Waals surface area contributed by atoms with Gasteiger partial charge in [-0.05, 0) is 73.6 Å². The molecule has 3 aliphatic rings. The summed E-state index contributed by atoms with van der Waals surface area (Å²) < 4.78 is 49.9. The van der Waals surface area contributed by atoms with Crippen LogP contribution in [0.25, 0.3) is 0 Å². The first-order valence-corrected chi connectivity index (χ1v) is 13.0. The average molecular weight is 526 g/mol. The van der Waals surface area contributed by atoms with Gasteiger partial charge >= 0.3 is 6.18 Å². The maximum absolute atomic E-state index is 14.1. The molecule has 1 saturated carbocycles. The van der Waals surface area contributed by atoms with Crippen LogP contribution in [-0.4, -0.2) is 32.8 Å². The van der Waals surface area contributed by atoms with E-state index in [1.54, 1.807) is 18.5 Å². The van der Waals surface area contributed by atoms with Crippen LogP contribution in [0.4, 0.5) is 18.9 Å². The van der Waals surface area contributed by atoms with Crippen LogP contribution >= 0.6 is 0 Å². The molecule has 2 atom stereocenters. The van der Waals surface area contributed by atoms with Crippen molar-refractivity contribution in [1.29, 1.82) is 0 Å². The number of anilines is 1. The summed E-state index contributed by atoms with van der Waals surface area (Å²) in [7, 11) is 1.87. The van der Waals surface area contributed by atoms with Crippen LogP contribution in [0.5, 0.6) is 0 Å². The summed E-state index contributed by atoms with van der Waals surface area (Å²) in [6.07, 6.45) is 0.741. The number of fused-ring (bicyclic) bond motifs is 1. The van der Waals surface area contributed by atoms with Gasteiger partial charge in [0, 0.05) is 36.3 Å². The van der Waals surface area contributed by atoms with Crippen molar-refractivity contribution in [2.24, 2.45) is 13.0 Å². The van der Waals surface area contributed by atoms with Crippen molar-refractivity contribution in [2.75, 3.05) is 11.5 Å². The Morgan fingerprint density at radius 3 is 2.63 bits per heavy atom. The number of carbonyl (C=O) groups is 1. The monoisotopic (exact) mass is 525 g/mol. The highest BCUT2D eigenvalue weighted by Crippen LogP contribution is 2.41. The molecule has 6 rings (SSSR count). The zero-order chi connectivity index (χ0) is 26.7. The predicted molar refractivity (Wildman–Crippen MR) is 134 cm³/mol. The fraction of sp³-hybridized carbons (Fsp3) is 0.464. The molecular weight excluding hydrogens is 495 g/mol. The number of hydrogen-bond donors (Lipinski definition) is 1. The average Bonchev–Trinajstić information content (AvgIpc) is 3.41. The zero-order valence-electron chi connectivity index (χ0n) is 21.4. The summed E-state index contributed by atoms with van der Waals surface area (Å²) in [6.45, 7) is 2.86. The van der Waals surface area contributed by atoms with Gasteiger partial charge in [-0.25, -0.2) is 0 Å². The first-order chi connectivity index (χ1) is 18.1. The van der Waals surface area contributed by atoms with E-state index < -0.39 is 17.6 Å². The first kappa shape index (κ1) is 25.1. The van der Waals surface area contributed by atoms with E-state index in [0.29, 0.717) is 30.8 Å². The minimum Gasteiger partial charge on any atom is -0.369 e. The minimum absolute atomic E-state index is 0.0428. The van der Waals surface area contributed by atoms with E-state index in [1.807, 2.05) is 29.8 Å². The van der Waals surface area contributed by atoms with Crippen LogP contribution < -0.4 is 10.2 Å². The number of halogens is 3. The van der Waals surface area contributed by atoms with Crippen molar-refractivity contribution in [1.82, 2.24) is 20.1 Å². The molecule has 2 fully saturated rings. The first-order valence-electron chi connectivity index (χ1n) is 13.0. The Balaban J connectivity index is 1.23. The maximum Gasteiger partial charge on any atom is 0.416 e. The molecule has 2 aliphatic heterocycles. The van der Waals surface area contributed by atoms with E-state index in [0.717, 1.165) is 30.7 Å². The highest BCUT2D eigenvalue weighted by Gasteiger charge is 2.41. The Kier molecular flexibility index (Phi) is 6.07. The van der Waals surface area contributed by atoms with Crippen LogP contribution in [0.2, 0.25) is 0 Å². The molecule has 2 aromatic carbocycles. The second-order valence-electron chi connectivity index (χ2n) is 11.0. The Labute approximate surface area is 219 Å². The van der Waals surface area contributed by atoms with Gasteiger partial charge in [-0.1, -0.05) is 12.1 Å². The normalized spacial score (nSPS) is 22.2. The Hall–Kier alpha value is -3.24. The lowest BCUT2D eigenvalue weighted by molar-refractivity contribution is -0.138. The van der Waals surface area contributed by atoms with Crippen molar-refractivity contribution >= 4 is 11.6 Å². The van der Waals surface area contributed by atoms with E-state index in [9.17, 15) is 18.0 Å². The van der Waals surface area contributed by atoms with Crippen molar-refractivity contribution in [3.8, 4) is 0 Å². The van der Waals surface area contributed by atoms with Crippen LogP contribution in [0.15, 0.2) is 42.7 Å². The molecule has 1 aromatic heterocycles. The fourth-order valence-electron chi connectivity index (χ4n) is 5.71. The number of aromatic nitrogens is 3. The molecule has 1 aliphatic carbocycles. The number of ether oxygens (including phenoxy) is 1. The summed E-state index contributed by atoms with van der Waals surface area (Å²) in [5.74, 6) is 0.561. The predicted octanol–water partition coefficient (Wildman–Crippen LogP) is 4.96. The third-order valence-corrected chi connectivity index (χ3v) is 8.22. The second kappa shape index (κ2) is 9.20. The lowest BCUT2D eigenvalue weighted by Gasteiger charge is -2.39. The quantitative estimate of drug-likeness (QED) is 0.472. The second-order valence-corrected chi connectivity index (χ2v) is 11.0. The Morgan fingerprint density at radius 1 is 1.18 bits per heavy atom. The van der Waals surface area contributed by atoms with E-state index in [-0.39, 0.29) is 35.2 Å². The van der Waals surface area contributed by atoms with Crippen molar-refractivity contribution in [3.63, 3.8) is 0 Å². The lowest BCUT2D eigenvalue weighted by atomic mass is 9.78. The molecule has 1 saturated heterocycles. The summed E-state index contributed by atoms with van der Waals surface area (Å²) in [6, 6.07) is 10.3. The standard InChI is InChI=1S/C28H30F3N5O2/c1-27(7-4-8-27)32-13-18-11-21-22(23(12-18)28(29,30)31)14-36(26(21)37)20-6-3-5-17(10-20)9-19-15-38-24(19)25-34-33-16-35(25)2/h3,5-6,10-12,16,19,24,32H,4,7-9,13-15H2,1-2H3/t19-,24-/m0/s1. The van der Waals surface area contributed by atoms with Crippen LogP contribution in [0.1, 0.15) is 70.7 Å². The number of amides is 1. The van der Waals surface area contributed by atoms with Gasteiger partial charge in [-0.15, -0.1) is 10.2 Å². The van der Waals surface area contributed by atoms with Crippen molar-refractivity contribution in [3.05, 3.63) is 76.4 Å². The maximum atomic E-state index is 14.1. The molecule has 3 heterocycles. The highest BCUT2D eigenvalue weighted by atomic mass is 19.4. The molecule has 1 amide bonds. The molecule has 10 heteroatoms. The molecule has 0 radical (unpaired) electrons. The number of nitrogens with zero attached hydrogens (tertiary/aromatic N) is 4. The Morgan fingerprint density at radius 2 is 2.00 bits per heavy atom. The summed E-state index contributed by atoms with van der Waals surface area (Å²) in [5.41, 5.74) is 1.46. The summed E-state index contributed by atoms with van der Waals surface area (Å²) in [5, 5.41) is 11.5. The van der Waals surface area contributed by atoms with Crippen LogP contribution in [0.3, 0.4) is 0 Å². The highest BCUT2D eigenvalue weighted by molar-refractivity contribution is 6.10. The third kappa shape index (κ3) is 4.49. The minimum atomic E-state index is -4.54. The van der Waals surface area contributed by atoms with Gasteiger partial charge in [-0.3, -0.25) is 4.79 Å². The number of hydrogen-bond acceptors (Lipinski definition) is 5. The molecular formula is C28H30F3N5O2. The van der Waals surface area contributed by atoms with Gasteiger partial charge in [0.1, 0.15) is 12.4 Å². The molecule has 0 unspecified atom stereocenters. The number of rotatable bonds is 7. The summed E-state index contributed by atoms with van der Waals surface area (Å²) >= 11 is 0. The number of carbonyl (C=O) groups excluding carboxylic acids is 1. The van der Waals surface area contributed by atoms with Gasteiger partial charge < -0.3 is 19.5 Å². The molecule has 200 valence electrons. The molecule has 1 N–H and O–H groups in total. The zero-order valence-corrected chi connectivity index (χ0v) is 21.4. The fourth-order valence-corrected chi connectivity index (χ4v) is 5.71. The lowest BCUT2D eigenvalue weighted by Crippen LogP contribution is -2.47. The van der Waals surface area contributed by atoms with E-state index >= 15 is 0 Å². The van der Waals surface area contributed by atoms with Crippen LogP contribution in [-0.2, 0) is 37.5 Å². The van der Waals surface area contributed by atoms with E-state index in [2.05, 4.69) is 22.4 Å². The number of aryl methyl sites for hydroxylation is 1. The largest absolute Gasteiger partial charge is 0.416 e. The van der Waals surface area contributed by atoms with Crippen molar-refractivity contribution in [2.45, 2.75) is 63.5 Å². The molecule has 7 nitrogen and oxygen atoms in total. The Bertz CT molecular complexity index is 1380. The van der Waals surface area contributed by atoms with Crippen molar-refractivity contribution < 1.29 is 22.7 Å². The van der Waals surface area contributed by atoms with Crippen LogP contribution in [0, 0.1) is 5.92 Å². The topological polar surface area (TPSA) is 72.3 Å². The SMILES string of the molecule is Cn1cnnc1[C@H]1OC[C@@H]1Cc1cccc(N2Cc3c(cc(CNC4(C)CCC4)cc3C(F)(F)F)C2=O)c1. The van der Waals surface area contributed by atoms with Gasteiger partial charge in [0.05, 0.1) is 18.7 Å². The molecule has 38 heavy (non-hydrogen) atoms. The third-order valence-electron chi connectivity index (χ3n) is 8.22. The molecule has 0 spiro atoms. The molecule has 0 bridgehead atoms. The smallest absolute Gasteiger partial charge is 0.369 e.